The molecule has 0 saturated carbocycles. The second-order valence-corrected chi connectivity index (χ2v) is 5.12. The van der Waals surface area contributed by atoms with Gasteiger partial charge in [-0.15, -0.1) is 0 Å². The number of aromatic nitrogens is 1. The third-order valence-corrected chi connectivity index (χ3v) is 4.11. The number of likely N-dealkylation sites (N-methyl/N-ethyl adjacent to an activating group) is 1. The number of hydrogen-bond acceptors (Lipinski definition) is 2. The Hall–Kier alpha value is -1.32. The van der Waals surface area contributed by atoms with Crippen LogP contribution in [0.5, 0.6) is 0 Å². The van der Waals surface area contributed by atoms with Crippen molar-refractivity contribution in [3.63, 3.8) is 0 Å². The molecule has 1 fully saturated rings. The molecule has 1 unspecified atom stereocenters. The van der Waals surface area contributed by atoms with E-state index in [1.54, 1.807) is 0 Å². The molecule has 0 amide bonds. The fraction of sp³-hybridized carbons (Fsp3) is 0.429. The number of nitrogens with one attached hydrogen (secondary N) is 2. The van der Waals surface area contributed by atoms with Crippen molar-refractivity contribution in [2.24, 2.45) is 0 Å². The molecule has 3 rings (SSSR count). The lowest BCUT2D eigenvalue weighted by Crippen LogP contribution is -2.55. The predicted octanol–water partition coefficient (Wildman–Crippen LogP) is 1.92. The number of aromatic amines is 1. The van der Waals surface area contributed by atoms with Crippen LogP contribution in [0.25, 0.3) is 10.9 Å². The molecule has 0 bridgehead atoms. The van der Waals surface area contributed by atoms with Gasteiger partial charge in [-0.1, -0.05) is 18.2 Å². The van der Waals surface area contributed by atoms with E-state index in [-0.39, 0.29) is 5.54 Å². The van der Waals surface area contributed by atoms with E-state index in [2.05, 4.69) is 59.6 Å². The topological polar surface area (TPSA) is 31.1 Å². The van der Waals surface area contributed by atoms with Gasteiger partial charge in [0.15, 0.2) is 0 Å². The third kappa shape index (κ3) is 1.58. The number of benzene rings is 1. The Morgan fingerprint density at radius 2 is 2.12 bits per heavy atom. The van der Waals surface area contributed by atoms with E-state index in [9.17, 15) is 0 Å². The molecule has 1 aromatic heterocycles. The molecule has 2 heterocycles. The second kappa shape index (κ2) is 3.86. The van der Waals surface area contributed by atoms with Crippen molar-refractivity contribution in [2.45, 2.75) is 12.5 Å². The SMILES string of the molecule is CN1CCNCC1(C)c1c[nH]c2ccccc12. The molecule has 1 aliphatic heterocycles. The maximum absolute atomic E-state index is 3.50. The van der Waals surface area contributed by atoms with E-state index >= 15 is 0 Å². The standard InChI is InChI=1S/C14H19N3/c1-14(10-15-7-8-17(14)2)12-9-16-13-6-4-3-5-11(12)13/h3-6,9,15-16H,7-8,10H2,1-2H3. The highest BCUT2D eigenvalue weighted by atomic mass is 15.2. The summed E-state index contributed by atoms with van der Waals surface area (Å²) in [5.41, 5.74) is 2.70. The average Bonchev–Trinajstić information content (AvgIpc) is 2.77. The van der Waals surface area contributed by atoms with Gasteiger partial charge in [-0.05, 0) is 25.6 Å². The van der Waals surface area contributed by atoms with Crippen molar-refractivity contribution >= 4 is 10.9 Å². The maximum Gasteiger partial charge on any atom is 0.0576 e. The third-order valence-electron chi connectivity index (χ3n) is 4.11. The van der Waals surface area contributed by atoms with E-state index in [0.29, 0.717) is 0 Å². The predicted molar refractivity (Wildman–Crippen MR) is 71.2 cm³/mol. The molecule has 2 aromatic rings. The number of nitrogens with zero attached hydrogens (tertiary/aromatic N) is 1. The minimum Gasteiger partial charge on any atom is -0.361 e. The second-order valence-electron chi connectivity index (χ2n) is 5.12. The van der Waals surface area contributed by atoms with E-state index in [4.69, 9.17) is 0 Å². The summed E-state index contributed by atoms with van der Waals surface area (Å²) in [6.07, 6.45) is 2.16. The van der Waals surface area contributed by atoms with Crippen LogP contribution >= 0.6 is 0 Å². The van der Waals surface area contributed by atoms with Gasteiger partial charge in [-0.2, -0.15) is 0 Å². The summed E-state index contributed by atoms with van der Waals surface area (Å²) < 4.78 is 0. The molecule has 1 atom stereocenters. The van der Waals surface area contributed by atoms with Crippen LogP contribution in [0.3, 0.4) is 0 Å². The fourth-order valence-electron chi connectivity index (χ4n) is 2.78. The average molecular weight is 229 g/mol. The highest BCUT2D eigenvalue weighted by Crippen LogP contribution is 2.33. The van der Waals surface area contributed by atoms with Crippen LogP contribution in [0.2, 0.25) is 0 Å². The largest absolute Gasteiger partial charge is 0.361 e. The van der Waals surface area contributed by atoms with Gasteiger partial charge in [-0.25, -0.2) is 0 Å². The summed E-state index contributed by atoms with van der Waals surface area (Å²) in [5, 5.41) is 4.84. The molecule has 1 saturated heterocycles. The van der Waals surface area contributed by atoms with Gasteiger partial charge in [0.1, 0.15) is 0 Å². The molecule has 0 spiro atoms. The molecular formula is C14H19N3. The fourth-order valence-corrected chi connectivity index (χ4v) is 2.78. The number of fused-ring (bicyclic) bond motifs is 1. The summed E-state index contributed by atoms with van der Waals surface area (Å²) in [6, 6.07) is 8.53. The Labute approximate surface area is 102 Å². The van der Waals surface area contributed by atoms with Gasteiger partial charge >= 0.3 is 0 Å². The van der Waals surface area contributed by atoms with E-state index in [1.807, 2.05) is 0 Å². The lowest BCUT2D eigenvalue weighted by Gasteiger charge is -2.43. The van der Waals surface area contributed by atoms with Crippen LogP contribution in [0.15, 0.2) is 30.5 Å². The van der Waals surface area contributed by atoms with Crippen molar-refractivity contribution in [2.75, 3.05) is 26.7 Å². The Morgan fingerprint density at radius 1 is 1.29 bits per heavy atom. The lowest BCUT2D eigenvalue weighted by molar-refractivity contribution is 0.105. The zero-order chi connectivity index (χ0) is 11.9. The van der Waals surface area contributed by atoms with Gasteiger partial charge in [0.05, 0.1) is 5.54 Å². The van der Waals surface area contributed by atoms with Crippen LogP contribution in [-0.4, -0.2) is 36.6 Å². The molecule has 0 radical (unpaired) electrons. The molecule has 17 heavy (non-hydrogen) atoms. The van der Waals surface area contributed by atoms with Crippen LogP contribution in [0.1, 0.15) is 12.5 Å². The number of H-pyrrole nitrogens is 1. The Morgan fingerprint density at radius 3 is 2.94 bits per heavy atom. The highest BCUT2D eigenvalue weighted by Gasteiger charge is 2.35. The van der Waals surface area contributed by atoms with Crippen LogP contribution in [0, 0.1) is 0 Å². The zero-order valence-electron chi connectivity index (χ0n) is 10.5. The summed E-state index contributed by atoms with van der Waals surface area (Å²) >= 11 is 0. The first-order valence-corrected chi connectivity index (χ1v) is 6.20. The van der Waals surface area contributed by atoms with Crippen molar-refractivity contribution in [3.05, 3.63) is 36.0 Å². The minimum atomic E-state index is 0.0812. The lowest BCUT2D eigenvalue weighted by atomic mass is 9.88. The van der Waals surface area contributed by atoms with Crippen molar-refractivity contribution in [1.29, 1.82) is 0 Å². The molecular weight excluding hydrogens is 210 g/mol. The summed E-state index contributed by atoms with van der Waals surface area (Å²) in [7, 11) is 2.21. The maximum atomic E-state index is 3.50. The number of rotatable bonds is 1. The molecule has 90 valence electrons. The molecule has 3 heteroatoms. The molecule has 3 nitrogen and oxygen atoms in total. The monoisotopic (exact) mass is 229 g/mol. The van der Waals surface area contributed by atoms with Gasteiger partial charge in [0.2, 0.25) is 0 Å². The Bertz CT molecular complexity index is 531. The van der Waals surface area contributed by atoms with Crippen LogP contribution in [-0.2, 0) is 5.54 Å². The summed E-state index contributed by atoms with van der Waals surface area (Å²) in [5.74, 6) is 0. The first-order valence-electron chi connectivity index (χ1n) is 6.20. The van der Waals surface area contributed by atoms with Crippen molar-refractivity contribution in [3.8, 4) is 0 Å². The molecule has 1 aromatic carbocycles. The zero-order valence-corrected chi connectivity index (χ0v) is 10.5. The number of para-hydroxylation sites is 1. The Balaban J connectivity index is 2.13. The van der Waals surface area contributed by atoms with Gasteiger partial charge in [0.25, 0.3) is 0 Å². The van der Waals surface area contributed by atoms with E-state index in [0.717, 1.165) is 19.6 Å². The summed E-state index contributed by atoms with van der Waals surface area (Å²) in [6.45, 7) is 5.49. The summed E-state index contributed by atoms with van der Waals surface area (Å²) in [4.78, 5) is 5.82. The van der Waals surface area contributed by atoms with Crippen molar-refractivity contribution in [1.82, 2.24) is 15.2 Å². The highest BCUT2D eigenvalue weighted by molar-refractivity contribution is 5.84. The van der Waals surface area contributed by atoms with Crippen LogP contribution < -0.4 is 5.32 Å². The number of hydrogen-bond donors (Lipinski definition) is 2. The van der Waals surface area contributed by atoms with E-state index < -0.39 is 0 Å². The van der Waals surface area contributed by atoms with Gasteiger partial charge in [-0.3, -0.25) is 4.90 Å². The number of piperazine rings is 1. The minimum absolute atomic E-state index is 0.0812. The molecule has 0 aliphatic carbocycles. The Kier molecular flexibility index (Phi) is 2.45. The first kappa shape index (κ1) is 10.8. The van der Waals surface area contributed by atoms with Crippen LogP contribution in [0.4, 0.5) is 0 Å². The van der Waals surface area contributed by atoms with Gasteiger partial charge < -0.3 is 10.3 Å². The van der Waals surface area contributed by atoms with E-state index in [1.165, 1.54) is 16.5 Å². The van der Waals surface area contributed by atoms with Crippen molar-refractivity contribution < 1.29 is 0 Å². The quantitative estimate of drug-likeness (QED) is 0.782. The van der Waals surface area contributed by atoms with Gasteiger partial charge in [0, 0.05) is 36.7 Å². The smallest absolute Gasteiger partial charge is 0.0576 e. The first-order chi connectivity index (χ1) is 8.22. The molecule has 1 aliphatic rings. The normalized spacial score (nSPS) is 26.5. The molecule has 2 N–H and O–H groups in total.